The third-order valence-corrected chi connectivity index (χ3v) is 5.49. The normalized spacial score (nSPS) is 12.2. The summed E-state index contributed by atoms with van der Waals surface area (Å²) >= 11 is 0. The molecule has 1 atom stereocenters. The number of nitrogens with zero attached hydrogens (tertiary/aromatic N) is 2. The number of hydrogen-bond acceptors (Lipinski definition) is 3. The van der Waals surface area contributed by atoms with E-state index < -0.39 is 5.97 Å². The number of carbonyl (C=O) groups is 1. The number of halogens is 1. The fourth-order valence-corrected chi connectivity index (χ4v) is 3.84. The molecule has 0 spiro atoms. The zero-order valence-electron chi connectivity index (χ0n) is 18.9. The topological polar surface area (TPSA) is 64.4 Å². The molecule has 170 valence electrons. The maximum atomic E-state index is 13.8. The Labute approximate surface area is 188 Å². The molecule has 0 fully saturated rings. The number of benzene rings is 2. The van der Waals surface area contributed by atoms with Crippen LogP contribution < -0.4 is 4.74 Å². The van der Waals surface area contributed by atoms with Crippen LogP contribution in [0.5, 0.6) is 5.75 Å². The fraction of sp³-hybridized carbons (Fsp3) is 0.385. The fourth-order valence-electron chi connectivity index (χ4n) is 3.84. The summed E-state index contributed by atoms with van der Waals surface area (Å²) in [5, 5.41) is 13.4. The minimum Gasteiger partial charge on any atom is -0.493 e. The predicted molar refractivity (Wildman–Crippen MR) is 123 cm³/mol. The van der Waals surface area contributed by atoms with E-state index in [0.29, 0.717) is 36.8 Å². The van der Waals surface area contributed by atoms with Gasteiger partial charge < -0.3 is 9.84 Å². The number of carboxylic acids is 1. The molecule has 6 heteroatoms. The molecule has 0 saturated carbocycles. The highest BCUT2D eigenvalue weighted by molar-refractivity contribution is 5.67. The number of ether oxygens (including phenoxy) is 1. The van der Waals surface area contributed by atoms with Crippen LogP contribution in [0.15, 0.2) is 54.9 Å². The van der Waals surface area contributed by atoms with Gasteiger partial charge in [-0.1, -0.05) is 38.1 Å². The highest BCUT2D eigenvalue weighted by Crippen LogP contribution is 2.29. The average molecular weight is 439 g/mol. The second kappa shape index (κ2) is 10.9. The molecule has 32 heavy (non-hydrogen) atoms. The van der Waals surface area contributed by atoms with Gasteiger partial charge in [0.1, 0.15) is 11.6 Å². The Balaban J connectivity index is 1.83. The van der Waals surface area contributed by atoms with Gasteiger partial charge in [0, 0.05) is 24.7 Å². The second-order valence-electron chi connectivity index (χ2n) is 8.69. The summed E-state index contributed by atoms with van der Waals surface area (Å²) in [6.45, 7) is 7.14. The summed E-state index contributed by atoms with van der Waals surface area (Å²) in [6, 6.07) is 13.0. The van der Waals surface area contributed by atoms with Crippen molar-refractivity contribution in [1.82, 2.24) is 9.78 Å². The molecule has 0 amide bonds. The third-order valence-electron chi connectivity index (χ3n) is 5.49. The lowest BCUT2D eigenvalue weighted by Crippen LogP contribution is -2.14. The molecule has 0 radical (unpaired) electrons. The van der Waals surface area contributed by atoms with Gasteiger partial charge in [-0.2, -0.15) is 5.10 Å². The Bertz CT molecular complexity index is 1030. The van der Waals surface area contributed by atoms with Crippen LogP contribution in [0.2, 0.25) is 0 Å². The van der Waals surface area contributed by atoms with Crippen LogP contribution in [0.3, 0.4) is 0 Å². The summed E-state index contributed by atoms with van der Waals surface area (Å²) in [4.78, 5) is 11.1. The van der Waals surface area contributed by atoms with Gasteiger partial charge in [0.15, 0.2) is 0 Å². The minimum absolute atomic E-state index is 0.0431. The van der Waals surface area contributed by atoms with Crippen molar-refractivity contribution in [1.29, 1.82) is 0 Å². The Morgan fingerprint density at radius 3 is 2.69 bits per heavy atom. The van der Waals surface area contributed by atoms with E-state index in [2.05, 4.69) is 18.9 Å². The van der Waals surface area contributed by atoms with Crippen molar-refractivity contribution in [3.63, 3.8) is 0 Å². The van der Waals surface area contributed by atoms with E-state index >= 15 is 0 Å². The van der Waals surface area contributed by atoms with Gasteiger partial charge in [0.05, 0.1) is 13.2 Å². The highest BCUT2D eigenvalue weighted by atomic mass is 19.1. The van der Waals surface area contributed by atoms with Crippen molar-refractivity contribution in [3.8, 4) is 5.75 Å². The lowest BCUT2D eigenvalue weighted by Gasteiger charge is -2.22. The first-order chi connectivity index (χ1) is 15.3. The highest BCUT2D eigenvalue weighted by Gasteiger charge is 2.17. The third kappa shape index (κ3) is 6.67. The standard InChI is InChI=1S/C26H31FN2O3/c1-18(2)13-23(22-7-9-24(27)19(3)14-22)17-32-25-15-20(16-29-12-4-11-28-29)5-6-21(25)8-10-26(30)31/h4-7,9,11-12,14-15,18,23H,8,10,13,16-17H2,1-3H3,(H,30,31). The second-order valence-corrected chi connectivity index (χ2v) is 8.69. The van der Waals surface area contributed by atoms with E-state index in [1.54, 1.807) is 13.1 Å². The van der Waals surface area contributed by atoms with E-state index in [1.807, 2.05) is 47.3 Å². The van der Waals surface area contributed by atoms with E-state index in [-0.39, 0.29) is 18.2 Å². The number of aryl methyl sites for hydroxylation is 2. The van der Waals surface area contributed by atoms with Crippen LogP contribution in [0.4, 0.5) is 4.39 Å². The first-order valence-electron chi connectivity index (χ1n) is 11.0. The molecule has 0 aliphatic carbocycles. The van der Waals surface area contributed by atoms with Gasteiger partial charge in [-0.3, -0.25) is 9.48 Å². The van der Waals surface area contributed by atoms with Crippen molar-refractivity contribution < 1.29 is 19.0 Å². The average Bonchev–Trinajstić information content (AvgIpc) is 3.25. The van der Waals surface area contributed by atoms with Gasteiger partial charge in [-0.05, 0) is 66.1 Å². The van der Waals surface area contributed by atoms with Crippen molar-refractivity contribution >= 4 is 5.97 Å². The van der Waals surface area contributed by atoms with Crippen LogP contribution in [0, 0.1) is 18.7 Å². The molecule has 3 rings (SSSR count). The SMILES string of the molecule is Cc1cc(C(COc2cc(Cn3cccn3)ccc2CCC(=O)O)CC(C)C)ccc1F. The summed E-state index contributed by atoms with van der Waals surface area (Å²) in [7, 11) is 0. The minimum atomic E-state index is -0.837. The number of aromatic nitrogens is 2. The lowest BCUT2D eigenvalue weighted by molar-refractivity contribution is -0.136. The number of aliphatic carboxylic acids is 1. The molecular formula is C26H31FN2O3. The smallest absolute Gasteiger partial charge is 0.303 e. The maximum Gasteiger partial charge on any atom is 0.303 e. The van der Waals surface area contributed by atoms with Gasteiger partial charge in [0.25, 0.3) is 0 Å². The number of carboxylic acid groups (broad SMARTS) is 1. The van der Waals surface area contributed by atoms with Crippen molar-refractivity contribution in [3.05, 3.63) is 82.9 Å². The molecule has 0 aliphatic rings. The van der Waals surface area contributed by atoms with Crippen LogP contribution >= 0.6 is 0 Å². The van der Waals surface area contributed by atoms with E-state index in [4.69, 9.17) is 9.84 Å². The van der Waals surface area contributed by atoms with E-state index in [0.717, 1.165) is 23.1 Å². The van der Waals surface area contributed by atoms with Crippen LogP contribution in [-0.2, 0) is 17.8 Å². The summed E-state index contributed by atoms with van der Waals surface area (Å²) in [5.41, 5.74) is 3.58. The monoisotopic (exact) mass is 438 g/mol. The Hall–Kier alpha value is -3.15. The molecule has 3 aromatic rings. The Morgan fingerprint density at radius 2 is 2.03 bits per heavy atom. The first-order valence-corrected chi connectivity index (χ1v) is 11.0. The predicted octanol–water partition coefficient (Wildman–Crippen LogP) is 5.60. The molecule has 1 heterocycles. The molecule has 5 nitrogen and oxygen atoms in total. The summed E-state index contributed by atoms with van der Waals surface area (Å²) in [5.74, 6) is 0.211. The molecule has 2 aromatic carbocycles. The van der Waals surface area contributed by atoms with Gasteiger partial charge in [-0.25, -0.2) is 4.39 Å². The molecule has 1 unspecified atom stereocenters. The van der Waals surface area contributed by atoms with Crippen LogP contribution in [0.1, 0.15) is 54.9 Å². The molecular weight excluding hydrogens is 407 g/mol. The maximum absolute atomic E-state index is 13.8. The molecule has 1 N–H and O–H groups in total. The Kier molecular flexibility index (Phi) is 8.03. The van der Waals surface area contributed by atoms with Gasteiger partial charge >= 0.3 is 5.97 Å². The quantitative estimate of drug-likeness (QED) is 0.423. The first kappa shape index (κ1) is 23.5. The van der Waals surface area contributed by atoms with Crippen LogP contribution in [0.25, 0.3) is 0 Å². The molecule has 0 aliphatic heterocycles. The van der Waals surface area contributed by atoms with Gasteiger partial charge in [0.2, 0.25) is 0 Å². The van der Waals surface area contributed by atoms with E-state index in [1.165, 1.54) is 6.07 Å². The lowest BCUT2D eigenvalue weighted by atomic mass is 9.90. The summed E-state index contributed by atoms with van der Waals surface area (Å²) in [6.07, 6.45) is 4.98. The number of rotatable bonds is 11. The largest absolute Gasteiger partial charge is 0.493 e. The Morgan fingerprint density at radius 1 is 1.22 bits per heavy atom. The van der Waals surface area contributed by atoms with Gasteiger partial charge in [-0.15, -0.1) is 0 Å². The molecule has 0 bridgehead atoms. The molecule has 0 saturated heterocycles. The molecule has 1 aromatic heterocycles. The van der Waals surface area contributed by atoms with E-state index in [9.17, 15) is 9.18 Å². The number of hydrogen-bond donors (Lipinski definition) is 1. The zero-order valence-corrected chi connectivity index (χ0v) is 18.9. The summed E-state index contributed by atoms with van der Waals surface area (Å²) < 4.78 is 21.9. The zero-order chi connectivity index (χ0) is 23.1. The van der Waals surface area contributed by atoms with Crippen LogP contribution in [-0.4, -0.2) is 27.5 Å². The van der Waals surface area contributed by atoms with Crippen molar-refractivity contribution in [2.24, 2.45) is 5.92 Å². The van der Waals surface area contributed by atoms with Crippen molar-refractivity contribution in [2.45, 2.75) is 52.5 Å². The van der Waals surface area contributed by atoms with Crippen molar-refractivity contribution in [2.75, 3.05) is 6.61 Å².